The normalized spacial score (nSPS) is 16.4. The van der Waals surface area contributed by atoms with E-state index in [-0.39, 0.29) is 29.8 Å². The van der Waals surface area contributed by atoms with Crippen LogP contribution in [0.3, 0.4) is 0 Å². The zero-order valence-electron chi connectivity index (χ0n) is 15.0. The smallest absolute Gasteiger partial charge is 0.240 e. The van der Waals surface area contributed by atoms with Gasteiger partial charge in [0.2, 0.25) is 15.9 Å². The van der Waals surface area contributed by atoms with E-state index < -0.39 is 10.0 Å². The average Bonchev–Trinajstić information content (AvgIpc) is 2.95. The van der Waals surface area contributed by atoms with Gasteiger partial charge in [0, 0.05) is 23.1 Å². The summed E-state index contributed by atoms with van der Waals surface area (Å²) in [6, 6.07) is 10.0. The molecule has 0 unspecified atom stereocenters. The van der Waals surface area contributed by atoms with E-state index in [9.17, 15) is 13.2 Å². The van der Waals surface area contributed by atoms with Crippen molar-refractivity contribution in [3.8, 4) is 0 Å². The molecule has 2 aromatic carbocycles. The van der Waals surface area contributed by atoms with Crippen LogP contribution >= 0.6 is 23.2 Å². The van der Waals surface area contributed by atoms with E-state index in [4.69, 9.17) is 23.2 Å². The first kappa shape index (κ1) is 20.1. The van der Waals surface area contributed by atoms with Crippen molar-refractivity contribution in [2.24, 2.45) is 0 Å². The minimum absolute atomic E-state index is 0.0616. The maximum Gasteiger partial charge on any atom is 0.240 e. The average molecular weight is 427 g/mol. The van der Waals surface area contributed by atoms with E-state index in [0.717, 1.165) is 5.56 Å². The Morgan fingerprint density at radius 2 is 1.81 bits per heavy atom. The second-order valence-electron chi connectivity index (χ2n) is 6.40. The van der Waals surface area contributed by atoms with Crippen molar-refractivity contribution in [1.29, 1.82) is 0 Å². The fourth-order valence-corrected chi connectivity index (χ4v) is 5.23. The lowest BCUT2D eigenvalue weighted by molar-refractivity contribution is -0.132. The molecule has 0 spiro atoms. The lowest BCUT2D eigenvalue weighted by atomic mass is 10.1. The highest BCUT2D eigenvalue weighted by atomic mass is 35.5. The standard InChI is InChI=1S/C19H20Cl2N2O3S/c1-3-22-27(25,26)18-9-4-6-13-12(2)23(11-15(13)18)19(24)10-14-16(20)7-5-8-17(14)21/h4-9,12,22H,3,10-11H2,1-2H3/t12-/m0/s1. The fraction of sp³-hybridized carbons (Fsp3) is 0.316. The molecular weight excluding hydrogens is 407 g/mol. The van der Waals surface area contributed by atoms with E-state index in [1.165, 1.54) is 0 Å². The highest BCUT2D eigenvalue weighted by Crippen LogP contribution is 2.37. The predicted octanol–water partition coefficient (Wildman–Crippen LogP) is 3.94. The van der Waals surface area contributed by atoms with Crippen molar-refractivity contribution in [2.75, 3.05) is 6.54 Å². The number of carbonyl (C=O) groups is 1. The Labute approximate surface area is 169 Å². The summed E-state index contributed by atoms with van der Waals surface area (Å²) in [6.07, 6.45) is 0.0616. The van der Waals surface area contributed by atoms with Gasteiger partial charge in [-0.2, -0.15) is 0 Å². The van der Waals surface area contributed by atoms with Crippen LogP contribution in [0.1, 0.15) is 36.6 Å². The predicted molar refractivity (Wildman–Crippen MR) is 106 cm³/mol. The van der Waals surface area contributed by atoms with Crippen LogP contribution in [0.2, 0.25) is 10.0 Å². The van der Waals surface area contributed by atoms with Gasteiger partial charge < -0.3 is 4.90 Å². The maximum absolute atomic E-state index is 12.9. The summed E-state index contributed by atoms with van der Waals surface area (Å²) in [6.45, 7) is 4.15. The van der Waals surface area contributed by atoms with Gasteiger partial charge in [0.1, 0.15) is 0 Å². The molecule has 1 amide bonds. The number of hydrogen-bond donors (Lipinski definition) is 1. The second kappa shape index (κ2) is 7.80. The van der Waals surface area contributed by atoms with E-state index in [1.54, 1.807) is 42.2 Å². The Balaban J connectivity index is 1.91. The van der Waals surface area contributed by atoms with Gasteiger partial charge in [-0.3, -0.25) is 4.79 Å². The molecule has 144 valence electrons. The van der Waals surface area contributed by atoms with Gasteiger partial charge >= 0.3 is 0 Å². The molecule has 1 N–H and O–H groups in total. The number of amides is 1. The minimum Gasteiger partial charge on any atom is -0.331 e. The maximum atomic E-state index is 12.9. The van der Waals surface area contributed by atoms with Crippen LogP contribution in [0, 0.1) is 0 Å². The van der Waals surface area contributed by atoms with Crippen molar-refractivity contribution < 1.29 is 13.2 Å². The van der Waals surface area contributed by atoms with E-state index in [2.05, 4.69) is 4.72 Å². The molecule has 8 heteroatoms. The van der Waals surface area contributed by atoms with Crippen molar-refractivity contribution in [1.82, 2.24) is 9.62 Å². The van der Waals surface area contributed by atoms with Gasteiger partial charge in [0.15, 0.2) is 0 Å². The molecule has 27 heavy (non-hydrogen) atoms. The van der Waals surface area contributed by atoms with Gasteiger partial charge in [-0.05, 0) is 41.8 Å². The second-order valence-corrected chi connectivity index (χ2v) is 8.95. The first-order valence-electron chi connectivity index (χ1n) is 8.60. The highest BCUT2D eigenvalue weighted by molar-refractivity contribution is 7.89. The van der Waals surface area contributed by atoms with E-state index in [1.807, 2.05) is 13.0 Å². The summed E-state index contributed by atoms with van der Waals surface area (Å²) >= 11 is 12.4. The van der Waals surface area contributed by atoms with Crippen molar-refractivity contribution >= 4 is 39.1 Å². The summed E-state index contributed by atoms with van der Waals surface area (Å²) in [5.74, 6) is -0.152. The summed E-state index contributed by atoms with van der Waals surface area (Å²) in [5, 5.41) is 0.881. The fourth-order valence-electron chi connectivity index (χ4n) is 3.40. The van der Waals surface area contributed by atoms with E-state index >= 15 is 0 Å². The number of nitrogens with zero attached hydrogens (tertiary/aromatic N) is 1. The summed E-state index contributed by atoms with van der Waals surface area (Å²) in [4.78, 5) is 14.8. The first-order valence-corrected chi connectivity index (χ1v) is 10.8. The highest BCUT2D eigenvalue weighted by Gasteiger charge is 2.34. The Kier molecular flexibility index (Phi) is 5.82. The Morgan fingerprint density at radius 1 is 1.19 bits per heavy atom. The lowest BCUT2D eigenvalue weighted by Gasteiger charge is -2.22. The van der Waals surface area contributed by atoms with Gasteiger partial charge in [-0.25, -0.2) is 13.1 Å². The molecule has 3 rings (SSSR count). The molecule has 0 saturated heterocycles. The van der Waals surface area contributed by atoms with Crippen LogP contribution in [0.4, 0.5) is 0 Å². The molecule has 1 aliphatic rings. The number of nitrogens with one attached hydrogen (secondary N) is 1. The summed E-state index contributed by atoms with van der Waals surface area (Å²) in [7, 11) is -3.61. The number of hydrogen-bond acceptors (Lipinski definition) is 3. The van der Waals surface area contributed by atoms with Crippen LogP contribution in [0.25, 0.3) is 0 Å². The first-order chi connectivity index (χ1) is 12.8. The van der Waals surface area contributed by atoms with E-state index in [0.29, 0.717) is 27.7 Å². The van der Waals surface area contributed by atoms with Crippen LogP contribution < -0.4 is 4.72 Å². The number of halogens is 2. The van der Waals surface area contributed by atoms with Crippen LogP contribution in [0.15, 0.2) is 41.3 Å². The summed E-state index contributed by atoms with van der Waals surface area (Å²) < 4.78 is 27.5. The molecule has 1 aliphatic heterocycles. The van der Waals surface area contributed by atoms with Crippen LogP contribution in [-0.4, -0.2) is 25.8 Å². The van der Waals surface area contributed by atoms with Gasteiger partial charge in [-0.15, -0.1) is 0 Å². The zero-order valence-corrected chi connectivity index (χ0v) is 17.3. The molecular formula is C19H20Cl2N2O3S. The third-order valence-corrected chi connectivity index (χ3v) is 7.09. The quantitative estimate of drug-likeness (QED) is 0.786. The minimum atomic E-state index is -3.61. The zero-order chi connectivity index (χ0) is 19.8. The van der Waals surface area contributed by atoms with Gasteiger partial charge in [0.25, 0.3) is 0 Å². The molecule has 0 fully saturated rings. The molecule has 2 aromatic rings. The largest absolute Gasteiger partial charge is 0.331 e. The molecule has 1 atom stereocenters. The monoisotopic (exact) mass is 426 g/mol. The topological polar surface area (TPSA) is 66.5 Å². The Bertz CT molecular complexity index is 972. The van der Waals surface area contributed by atoms with Crippen molar-refractivity contribution in [2.45, 2.75) is 37.8 Å². The third kappa shape index (κ3) is 3.85. The van der Waals surface area contributed by atoms with Gasteiger partial charge in [0.05, 0.1) is 17.4 Å². The molecule has 5 nitrogen and oxygen atoms in total. The number of fused-ring (bicyclic) bond motifs is 1. The SMILES string of the molecule is CCNS(=O)(=O)c1cccc2c1CN(C(=O)Cc1c(Cl)cccc1Cl)[C@H]2C. The lowest BCUT2D eigenvalue weighted by Crippen LogP contribution is -2.30. The van der Waals surface area contributed by atoms with Crippen LogP contribution in [-0.2, 0) is 27.8 Å². The Morgan fingerprint density at radius 3 is 2.44 bits per heavy atom. The molecule has 0 saturated carbocycles. The van der Waals surface area contributed by atoms with Crippen molar-refractivity contribution in [3.63, 3.8) is 0 Å². The molecule has 0 radical (unpaired) electrons. The van der Waals surface area contributed by atoms with Gasteiger partial charge in [-0.1, -0.05) is 48.3 Å². The number of rotatable bonds is 5. The Hall–Kier alpha value is -1.60. The van der Waals surface area contributed by atoms with Crippen LogP contribution in [0.5, 0.6) is 0 Å². The number of benzene rings is 2. The van der Waals surface area contributed by atoms with Crippen molar-refractivity contribution in [3.05, 3.63) is 63.1 Å². The summed E-state index contributed by atoms with van der Waals surface area (Å²) in [5.41, 5.74) is 2.08. The molecule has 0 aromatic heterocycles. The number of carbonyl (C=O) groups excluding carboxylic acids is 1. The molecule has 0 aliphatic carbocycles. The molecule has 0 bridgehead atoms. The molecule has 1 heterocycles. The third-order valence-electron chi connectivity index (χ3n) is 4.75. The number of sulfonamides is 1.